The minimum Gasteiger partial charge on any atom is -0.333 e. The van der Waals surface area contributed by atoms with Crippen LogP contribution in [0, 0.1) is 6.92 Å². The minimum atomic E-state index is 0.699. The molecule has 3 aromatic rings. The second-order valence-corrected chi connectivity index (χ2v) is 5.84. The number of imidazole rings is 1. The molecule has 0 aliphatic rings. The first-order valence-corrected chi connectivity index (χ1v) is 6.81. The molecule has 86 valence electrons. The summed E-state index contributed by atoms with van der Waals surface area (Å²) in [7, 11) is 0. The Bertz CT molecular complexity index is 676. The van der Waals surface area contributed by atoms with Gasteiger partial charge in [0, 0.05) is 5.02 Å². The average molecular weight is 283 g/mol. The monoisotopic (exact) mass is 282 g/mol. The van der Waals surface area contributed by atoms with E-state index in [9.17, 15) is 0 Å². The fourth-order valence-corrected chi connectivity index (χ4v) is 3.15. The van der Waals surface area contributed by atoms with E-state index >= 15 is 0 Å². The zero-order valence-electron chi connectivity index (χ0n) is 8.77. The highest BCUT2D eigenvalue weighted by Crippen LogP contribution is 2.28. The lowest BCUT2D eigenvalue weighted by Crippen LogP contribution is -1.75. The maximum absolute atomic E-state index is 5.92. The molecule has 0 spiro atoms. The van der Waals surface area contributed by atoms with Gasteiger partial charge in [-0.05, 0) is 48.4 Å². The number of fused-ring (bicyclic) bond motifs is 1. The topological polar surface area (TPSA) is 54.5 Å². The van der Waals surface area contributed by atoms with Crippen molar-refractivity contribution in [1.82, 2.24) is 19.3 Å². The van der Waals surface area contributed by atoms with Crippen LogP contribution in [0.2, 0.25) is 5.02 Å². The van der Waals surface area contributed by atoms with Crippen molar-refractivity contribution in [3.63, 3.8) is 0 Å². The lowest BCUT2D eigenvalue weighted by molar-refractivity contribution is 1.06. The number of benzene rings is 1. The summed E-state index contributed by atoms with van der Waals surface area (Å²) in [5.74, 6) is 0.789. The van der Waals surface area contributed by atoms with Crippen molar-refractivity contribution in [2.75, 3.05) is 0 Å². The highest BCUT2D eigenvalue weighted by atomic mass is 35.5. The molecule has 0 fully saturated rings. The van der Waals surface area contributed by atoms with Gasteiger partial charge in [0.25, 0.3) is 0 Å². The first-order valence-electron chi connectivity index (χ1n) is 4.84. The Morgan fingerprint density at radius 1 is 1.35 bits per heavy atom. The van der Waals surface area contributed by atoms with Gasteiger partial charge < -0.3 is 4.98 Å². The van der Waals surface area contributed by atoms with E-state index in [2.05, 4.69) is 19.3 Å². The Labute approximate surface area is 111 Å². The third-order valence-electron chi connectivity index (χ3n) is 2.12. The van der Waals surface area contributed by atoms with Crippen LogP contribution in [0.5, 0.6) is 0 Å². The molecule has 3 rings (SSSR count). The quantitative estimate of drug-likeness (QED) is 0.781. The molecule has 1 aromatic carbocycles. The molecule has 0 unspecified atom stereocenters. The van der Waals surface area contributed by atoms with Crippen LogP contribution in [0.3, 0.4) is 0 Å². The van der Waals surface area contributed by atoms with Crippen LogP contribution < -0.4 is 0 Å². The van der Waals surface area contributed by atoms with Crippen molar-refractivity contribution in [2.45, 2.75) is 16.4 Å². The van der Waals surface area contributed by atoms with Gasteiger partial charge in [0.15, 0.2) is 9.50 Å². The molecule has 0 bridgehead atoms. The number of hydrogen-bond donors (Lipinski definition) is 1. The van der Waals surface area contributed by atoms with Crippen molar-refractivity contribution < 1.29 is 0 Å². The molecule has 0 saturated heterocycles. The SMILES string of the molecule is Cc1nsc(Sc2nc3ccc(Cl)cc3[nH]2)n1. The van der Waals surface area contributed by atoms with Crippen molar-refractivity contribution in [2.24, 2.45) is 0 Å². The van der Waals surface area contributed by atoms with Gasteiger partial charge in [0.05, 0.1) is 11.0 Å². The standard InChI is InChI=1S/C10H7ClN4S2/c1-5-12-10(17-15-5)16-9-13-7-3-2-6(11)4-8(7)14-9/h2-4H,1H3,(H,13,14). The van der Waals surface area contributed by atoms with E-state index in [0.29, 0.717) is 5.02 Å². The summed E-state index contributed by atoms with van der Waals surface area (Å²) in [5, 5.41) is 1.50. The maximum atomic E-state index is 5.92. The minimum absolute atomic E-state index is 0.699. The Morgan fingerprint density at radius 2 is 2.24 bits per heavy atom. The van der Waals surface area contributed by atoms with Crippen LogP contribution in [-0.4, -0.2) is 19.3 Å². The third kappa shape index (κ3) is 2.29. The van der Waals surface area contributed by atoms with Gasteiger partial charge in [-0.3, -0.25) is 0 Å². The molecule has 1 N–H and O–H groups in total. The summed E-state index contributed by atoms with van der Waals surface area (Å²) in [6.07, 6.45) is 0. The van der Waals surface area contributed by atoms with Gasteiger partial charge in [-0.15, -0.1) is 0 Å². The van der Waals surface area contributed by atoms with Crippen LogP contribution in [0.4, 0.5) is 0 Å². The van der Waals surface area contributed by atoms with Crippen LogP contribution >= 0.6 is 34.9 Å². The molecule has 0 atom stereocenters. The molecular weight excluding hydrogens is 276 g/mol. The molecule has 7 heteroatoms. The summed E-state index contributed by atoms with van der Waals surface area (Å²) in [4.78, 5) is 11.9. The predicted molar refractivity (Wildman–Crippen MR) is 69.9 cm³/mol. The number of aromatic amines is 1. The fraction of sp³-hybridized carbons (Fsp3) is 0.100. The van der Waals surface area contributed by atoms with E-state index in [1.807, 2.05) is 25.1 Å². The number of halogens is 1. The molecular formula is C10H7ClN4S2. The third-order valence-corrected chi connectivity index (χ3v) is 4.08. The highest BCUT2D eigenvalue weighted by molar-refractivity contribution is 8.00. The van der Waals surface area contributed by atoms with E-state index in [4.69, 9.17) is 11.6 Å². The number of hydrogen-bond acceptors (Lipinski definition) is 5. The molecule has 2 aromatic heterocycles. The van der Waals surface area contributed by atoms with E-state index in [-0.39, 0.29) is 0 Å². The number of aryl methyl sites for hydroxylation is 1. The number of H-pyrrole nitrogens is 1. The summed E-state index contributed by atoms with van der Waals surface area (Å²) in [6, 6.07) is 5.58. The number of aromatic nitrogens is 4. The van der Waals surface area contributed by atoms with Crippen LogP contribution in [0.15, 0.2) is 27.7 Å². The second-order valence-electron chi connectivity index (χ2n) is 3.41. The van der Waals surface area contributed by atoms with Crippen molar-refractivity contribution in [1.29, 1.82) is 0 Å². The first kappa shape index (κ1) is 11.0. The fourth-order valence-electron chi connectivity index (χ4n) is 1.41. The lowest BCUT2D eigenvalue weighted by atomic mass is 10.3. The number of rotatable bonds is 2. The summed E-state index contributed by atoms with van der Waals surface area (Å²) in [6.45, 7) is 1.87. The Balaban J connectivity index is 1.95. The van der Waals surface area contributed by atoms with Gasteiger partial charge >= 0.3 is 0 Å². The first-order chi connectivity index (χ1) is 8.20. The Kier molecular flexibility index (Phi) is 2.78. The number of nitrogens with zero attached hydrogens (tertiary/aromatic N) is 3. The molecule has 0 amide bonds. The zero-order valence-corrected chi connectivity index (χ0v) is 11.2. The predicted octanol–water partition coefficient (Wildman–Crippen LogP) is 3.53. The zero-order chi connectivity index (χ0) is 11.8. The summed E-state index contributed by atoms with van der Waals surface area (Å²) >= 11 is 8.76. The van der Waals surface area contributed by atoms with E-state index in [0.717, 1.165) is 26.4 Å². The highest BCUT2D eigenvalue weighted by Gasteiger charge is 2.08. The molecule has 17 heavy (non-hydrogen) atoms. The van der Waals surface area contributed by atoms with Gasteiger partial charge in [0.2, 0.25) is 0 Å². The average Bonchev–Trinajstić information content (AvgIpc) is 2.84. The van der Waals surface area contributed by atoms with E-state index in [1.54, 1.807) is 0 Å². The molecule has 0 radical (unpaired) electrons. The summed E-state index contributed by atoms with van der Waals surface area (Å²) in [5.41, 5.74) is 1.83. The number of nitrogens with one attached hydrogen (secondary N) is 1. The van der Waals surface area contributed by atoms with Crippen molar-refractivity contribution in [3.8, 4) is 0 Å². The molecule has 0 aliphatic carbocycles. The van der Waals surface area contributed by atoms with Crippen LogP contribution in [-0.2, 0) is 0 Å². The van der Waals surface area contributed by atoms with E-state index in [1.165, 1.54) is 23.3 Å². The molecule has 0 aliphatic heterocycles. The smallest absolute Gasteiger partial charge is 0.177 e. The lowest BCUT2D eigenvalue weighted by Gasteiger charge is -1.88. The van der Waals surface area contributed by atoms with E-state index < -0.39 is 0 Å². The van der Waals surface area contributed by atoms with Gasteiger partial charge in [-0.2, -0.15) is 4.37 Å². The van der Waals surface area contributed by atoms with Gasteiger partial charge in [0.1, 0.15) is 5.82 Å². The Morgan fingerprint density at radius 3 is 3.00 bits per heavy atom. The van der Waals surface area contributed by atoms with Gasteiger partial charge in [-0.25, -0.2) is 9.97 Å². The van der Waals surface area contributed by atoms with Crippen LogP contribution in [0.25, 0.3) is 11.0 Å². The van der Waals surface area contributed by atoms with Gasteiger partial charge in [-0.1, -0.05) is 11.6 Å². The summed E-state index contributed by atoms with van der Waals surface area (Å²) < 4.78 is 5.01. The second kappa shape index (κ2) is 4.29. The Hall–Kier alpha value is -1.11. The van der Waals surface area contributed by atoms with Crippen LogP contribution in [0.1, 0.15) is 5.82 Å². The maximum Gasteiger partial charge on any atom is 0.177 e. The van der Waals surface area contributed by atoms with Crippen molar-refractivity contribution >= 4 is 45.9 Å². The normalized spacial score (nSPS) is 11.2. The molecule has 4 nitrogen and oxygen atoms in total. The molecule has 0 saturated carbocycles. The molecule has 2 heterocycles. The largest absolute Gasteiger partial charge is 0.333 e. The van der Waals surface area contributed by atoms with Crippen molar-refractivity contribution in [3.05, 3.63) is 29.0 Å².